The van der Waals surface area contributed by atoms with Gasteiger partial charge in [0.1, 0.15) is 5.75 Å². The van der Waals surface area contributed by atoms with Gasteiger partial charge < -0.3 is 20.3 Å². The third-order valence-corrected chi connectivity index (χ3v) is 4.58. The Kier molecular flexibility index (Phi) is 4.69. The smallest absolute Gasteiger partial charge is 0.223 e. The van der Waals surface area contributed by atoms with Gasteiger partial charge in [0.15, 0.2) is 0 Å². The van der Waals surface area contributed by atoms with Crippen LogP contribution in [0.1, 0.15) is 19.3 Å². The highest BCUT2D eigenvalue weighted by Gasteiger charge is 2.30. The highest BCUT2D eigenvalue weighted by molar-refractivity contribution is 5.87. The summed E-state index contributed by atoms with van der Waals surface area (Å²) in [6, 6.07) is 8.05. The van der Waals surface area contributed by atoms with Crippen LogP contribution in [0.5, 0.6) is 5.75 Å². The van der Waals surface area contributed by atoms with Crippen molar-refractivity contribution in [1.82, 2.24) is 10.6 Å². The van der Waals surface area contributed by atoms with Gasteiger partial charge in [-0.3, -0.25) is 9.59 Å². The van der Waals surface area contributed by atoms with E-state index in [0.717, 1.165) is 37.4 Å². The molecule has 0 aliphatic carbocycles. The zero-order valence-corrected chi connectivity index (χ0v) is 13.4. The molecule has 0 spiro atoms. The maximum Gasteiger partial charge on any atom is 0.223 e. The van der Waals surface area contributed by atoms with Gasteiger partial charge >= 0.3 is 0 Å². The Labute approximate surface area is 136 Å². The molecule has 2 saturated heterocycles. The number of benzene rings is 1. The lowest BCUT2D eigenvalue weighted by Gasteiger charge is -2.24. The van der Waals surface area contributed by atoms with E-state index >= 15 is 0 Å². The number of nitrogens with zero attached hydrogens (tertiary/aromatic N) is 1. The van der Waals surface area contributed by atoms with Crippen LogP contribution in [0, 0.1) is 5.92 Å². The minimum Gasteiger partial charge on any atom is -0.495 e. The van der Waals surface area contributed by atoms with Gasteiger partial charge in [0.2, 0.25) is 11.8 Å². The fraction of sp³-hybridized carbons (Fsp3) is 0.529. The lowest BCUT2D eigenvalue weighted by atomic mass is 9.96. The van der Waals surface area contributed by atoms with Crippen LogP contribution < -0.4 is 20.3 Å². The molecule has 2 heterocycles. The summed E-state index contributed by atoms with van der Waals surface area (Å²) in [7, 11) is 1.67. The molecule has 6 heteroatoms. The fourth-order valence-electron chi connectivity index (χ4n) is 3.31. The molecule has 1 aromatic carbocycles. The molecular formula is C17H23N3O3. The van der Waals surface area contributed by atoms with Crippen molar-refractivity contribution >= 4 is 17.5 Å². The number of piperidine rings is 1. The predicted molar refractivity (Wildman–Crippen MR) is 87.5 cm³/mol. The zero-order chi connectivity index (χ0) is 16.2. The monoisotopic (exact) mass is 317 g/mol. The normalized spacial score (nSPS) is 24.2. The second-order valence-electron chi connectivity index (χ2n) is 6.15. The van der Waals surface area contributed by atoms with E-state index in [4.69, 9.17) is 4.74 Å². The number of methoxy groups -OCH3 is 1. The first-order valence-electron chi connectivity index (χ1n) is 8.12. The topological polar surface area (TPSA) is 70.7 Å². The Morgan fingerprint density at radius 2 is 2.17 bits per heavy atom. The highest BCUT2D eigenvalue weighted by atomic mass is 16.5. The lowest BCUT2D eigenvalue weighted by Crippen LogP contribution is -2.45. The molecule has 0 radical (unpaired) electrons. The van der Waals surface area contributed by atoms with Crippen molar-refractivity contribution in [2.24, 2.45) is 5.92 Å². The summed E-state index contributed by atoms with van der Waals surface area (Å²) < 4.78 is 5.41. The van der Waals surface area contributed by atoms with E-state index in [9.17, 15) is 9.59 Å². The van der Waals surface area contributed by atoms with E-state index in [-0.39, 0.29) is 23.8 Å². The molecule has 2 unspecified atom stereocenters. The van der Waals surface area contributed by atoms with Gasteiger partial charge in [-0.1, -0.05) is 12.1 Å². The van der Waals surface area contributed by atoms with Crippen LogP contribution in [-0.2, 0) is 9.59 Å². The van der Waals surface area contributed by atoms with Crippen LogP contribution in [0.4, 0.5) is 5.69 Å². The quantitative estimate of drug-likeness (QED) is 0.866. The number of carbonyl (C=O) groups is 2. The lowest BCUT2D eigenvalue weighted by molar-refractivity contribution is -0.132. The molecule has 2 fully saturated rings. The number of carbonyl (C=O) groups excluding carboxylic acids is 2. The standard InChI is InChI=1S/C17H23N3O3/c1-23-15-5-3-2-4-14(15)20-9-7-13(11-20)19-17(22)12-6-8-18-16(21)10-12/h2-5,12-13H,6-11H2,1H3,(H,18,21)(H,19,22). The van der Waals surface area contributed by atoms with Crippen LogP contribution in [0.2, 0.25) is 0 Å². The maximum atomic E-state index is 12.3. The number of amides is 2. The van der Waals surface area contributed by atoms with Crippen LogP contribution in [0.25, 0.3) is 0 Å². The molecule has 2 aliphatic heterocycles. The van der Waals surface area contributed by atoms with Crippen molar-refractivity contribution in [3.05, 3.63) is 24.3 Å². The van der Waals surface area contributed by atoms with Crippen LogP contribution in [-0.4, -0.2) is 44.6 Å². The van der Waals surface area contributed by atoms with Gasteiger partial charge in [-0.25, -0.2) is 0 Å². The number of ether oxygens (including phenoxy) is 1. The SMILES string of the molecule is COc1ccccc1N1CCC(NC(=O)C2CCNC(=O)C2)C1. The summed E-state index contributed by atoms with van der Waals surface area (Å²) in [5.74, 6) is 0.637. The van der Waals surface area contributed by atoms with Crippen molar-refractivity contribution in [3.63, 3.8) is 0 Å². The molecule has 2 aliphatic rings. The summed E-state index contributed by atoms with van der Waals surface area (Å²) in [5.41, 5.74) is 1.06. The van der Waals surface area contributed by atoms with E-state index in [1.54, 1.807) is 7.11 Å². The Balaban J connectivity index is 1.57. The Hall–Kier alpha value is -2.24. The van der Waals surface area contributed by atoms with E-state index in [1.807, 2.05) is 24.3 Å². The van der Waals surface area contributed by atoms with Crippen LogP contribution >= 0.6 is 0 Å². The Morgan fingerprint density at radius 3 is 2.96 bits per heavy atom. The zero-order valence-electron chi connectivity index (χ0n) is 13.4. The van der Waals surface area contributed by atoms with Crippen molar-refractivity contribution in [3.8, 4) is 5.75 Å². The average molecular weight is 317 g/mol. The first-order chi connectivity index (χ1) is 11.2. The van der Waals surface area contributed by atoms with Gasteiger partial charge in [0.25, 0.3) is 0 Å². The van der Waals surface area contributed by atoms with E-state index in [2.05, 4.69) is 15.5 Å². The van der Waals surface area contributed by atoms with E-state index in [1.165, 1.54) is 0 Å². The maximum absolute atomic E-state index is 12.3. The van der Waals surface area contributed by atoms with E-state index in [0.29, 0.717) is 13.0 Å². The molecule has 3 rings (SSSR count). The minimum absolute atomic E-state index is 0.00623. The number of hydrogen-bond acceptors (Lipinski definition) is 4. The third kappa shape index (κ3) is 3.57. The number of nitrogens with one attached hydrogen (secondary N) is 2. The summed E-state index contributed by atoms with van der Waals surface area (Å²) in [6.45, 7) is 2.25. The Morgan fingerprint density at radius 1 is 1.35 bits per heavy atom. The summed E-state index contributed by atoms with van der Waals surface area (Å²) in [6.07, 6.45) is 1.93. The van der Waals surface area contributed by atoms with Crippen molar-refractivity contribution in [2.45, 2.75) is 25.3 Å². The summed E-state index contributed by atoms with van der Waals surface area (Å²) in [5, 5.41) is 5.87. The number of para-hydroxylation sites is 2. The first kappa shape index (κ1) is 15.6. The third-order valence-electron chi connectivity index (χ3n) is 4.58. The molecule has 0 saturated carbocycles. The van der Waals surface area contributed by atoms with Crippen LogP contribution in [0.15, 0.2) is 24.3 Å². The predicted octanol–water partition coefficient (Wildman–Crippen LogP) is 0.916. The average Bonchev–Trinajstić information content (AvgIpc) is 3.03. The number of rotatable bonds is 4. The largest absolute Gasteiger partial charge is 0.495 e. The molecule has 0 bridgehead atoms. The molecule has 6 nitrogen and oxygen atoms in total. The van der Waals surface area contributed by atoms with Gasteiger partial charge in [0.05, 0.1) is 12.8 Å². The molecule has 1 aromatic rings. The molecule has 0 aromatic heterocycles. The highest BCUT2D eigenvalue weighted by Crippen LogP contribution is 2.30. The Bertz CT molecular complexity index is 590. The molecule has 2 atom stereocenters. The number of hydrogen-bond donors (Lipinski definition) is 2. The molecular weight excluding hydrogens is 294 g/mol. The van der Waals surface area contributed by atoms with Gasteiger partial charge in [-0.05, 0) is 25.0 Å². The van der Waals surface area contributed by atoms with Crippen molar-refractivity contribution < 1.29 is 14.3 Å². The second-order valence-corrected chi connectivity index (χ2v) is 6.15. The fourth-order valence-corrected chi connectivity index (χ4v) is 3.31. The van der Waals surface area contributed by atoms with Crippen LogP contribution in [0.3, 0.4) is 0 Å². The molecule has 124 valence electrons. The van der Waals surface area contributed by atoms with Crippen molar-refractivity contribution in [2.75, 3.05) is 31.6 Å². The minimum atomic E-state index is -0.191. The second kappa shape index (κ2) is 6.89. The summed E-state index contributed by atoms with van der Waals surface area (Å²) >= 11 is 0. The molecule has 2 N–H and O–H groups in total. The first-order valence-corrected chi connectivity index (χ1v) is 8.12. The van der Waals surface area contributed by atoms with Gasteiger partial charge in [-0.2, -0.15) is 0 Å². The van der Waals surface area contributed by atoms with Gasteiger partial charge in [0, 0.05) is 38.0 Å². The van der Waals surface area contributed by atoms with Gasteiger partial charge in [-0.15, -0.1) is 0 Å². The summed E-state index contributed by atoms with van der Waals surface area (Å²) in [4.78, 5) is 26.0. The molecule has 2 amide bonds. The molecule has 23 heavy (non-hydrogen) atoms. The number of anilines is 1. The van der Waals surface area contributed by atoms with E-state index < -0.39 is 0 Å². The van der Waals surface area contributed by atoms with Crippen molar-refractivity contribution in [1.29, 1.82) is 0 Å².